The second-order valence-corrected chi connectivity index (χ2v) is 8.50. The van der Waals surface area contributed by atoms with Crippen molar-refractivity contribution in [2.24, 2.45) is 0 Å². The van der Waals surface area contributed by atoms with Gasteiger partial charge in [-0.15, -0.1) is 0 Å². The lowest BCUT2D eigenvalue weighted by Gasteiger charge is -2.16. The average Bonchev–Trinajstić information content (AvgIpc) is 3.51. The van der Waals surface area contributed by atoms with E-state index in [1.165, 1.54) is 0 Å². The number of carbonyl (C=O) groups is 2. The molecule has 168 valence electrons. The van der Waals surface area contributed by atoms with E-state index < -0.39 is 6.04 Å². The van der Waals surface area contributed by atoms with Crippen molar-refractivity contribution in [3.63, 3.8) is 0 Å². The summed E-state index contributed by atoms with van der Waals surface area (Å²) in [4.78, 5) is 36.2. The van der Waals surface area contributed by atoms with Crippen LogP contribution in [0, 0.1) is 0 Å². The van der Waals surface area contributed by atoms with Gasteiger partial charge in [-0.3, -0.25) is 19.1 Å². The van der Waals surface area contributed by atoms with E-state index >= 15 is 0 Å². The highest BCUT2D eigenvalue weighted by atomic mass is 16.2. The first-order valence-electron chi connectivity index (χ1n) is 11.4. The fraction of sp³-hybridized carbons (Fsp3) is 0.148. The number of anilines is 2. The minimum absolute atomic E-state index is 0.0463. The lowest BCUT2D eigenvalue weighted by atomic mass is 10.1. The fourth-order valence-electron chi connectivity index (χ4n) is 4.79. The number of H-pyrrole nitrogens is 1. The highest BCUT2D eigenvalue weighted by molar-refractivity contribution is 6.05. The predicted octanol–water partition coefficient (Wildman–Crippen LogP) is 4.68. The zero-order chi connectivity index (χ0) is 23.1. The van der Waals surface area contributed by atoms with E-state index in [0.717, 1.165) is 27.5 Å². The monoisotopic (exact) mass is 449 g/mol. The van der Waals surface area contributed by atoms with Crippen LogP contribution in [-0.2, 0) is 16.0 Å². The Morgan fingerprint density at radius 1 is 0.971 bits per heavy atom. The van der Waals surface area contributed by atoms with Crippen LogP contribution in [-0.4, -0.2) is 32.9 Å². The highest BCUT2D eigenvalue weighted by Gasteiger charge is 2.40. The van der Waals surface area contributed by atoms with Gasteiger partial charge in [0.15, 0.2) is 0 Å². The van der Waals surface area contributed by atoms with E-state index in [2.05, 4.69) is 16.4 Å². The van der Waals surface area contributed by atoms with Gasteiger partial charge >= 0.3 is 0 Å². The molecule has 0 bridgehead atoms. The van der Waals surface area contributed by atoms with Crippen LogP contribution in [0.3, 0.4) is 0 Å². The van der Waals surface area contributed by atoms with E-state index in [1.54, 1.807) is 4.90 Å². The number of imidazole rings is 1. The molecular weight excluding hydrogens is 426 g/mol. The molecule has 3 heterocycles. The first-order valence-corrected chi connectivity index (χ1v) is 11.4. The zero-order valence-electron chi connectivity index (χ0n) is 18.4. The molecule has 3 aromatic carbocycles. The molecule has 2 amide bonds. The molecule has 0 spiro atoms. The molecule has 1 unspecified atom stereocenters. The molecule has 0 saturated carbocycles. The van der Waals surface area contributed by atoms with Gasteiger partial charge in [-0.25, -0.2) is 4.98 Å². The third-order valence-corrected chi connectivity index (χ3v) is 6.40. The molecule has 34 heavy (non-hydrogen) atoms. The molecule has 7 heteroatoms. The Hall–Kier alpha value is -4.39. The molecule has 0 aliphatic carbocycles. The lowest BCUT2D eigenvalue weighted by Crippen LogP contribution is -2.33. The molecule has 6 rings (SSSR count). The highest BCUT2D eigenvalue weighted by Crippen LogP contribution is 2.36. The van der Waals surface area contributed by atoms with Gasteiger partial charge in [-0.05, 0) is 42.3 Å². The number of para-hydroxylation sites is 4. The minimum atomic E-state index is -0.630. The number of aromatic amines is 1. The third-order valence-electron chi connectivity index (χ3n) is 6.40. The zero-order valence-corrected chi connectivity index (χ0v) is 18.4. The molecule has 2 aromatic heterocycles. The lowest BCUT2D eigenvalue weighted by molar-refractivity contribution is -0.124. The van der Waals surface area contributed by atoms with Crippen molar-refractivity contribution in [3.8, 4) is 0 Å². The molecule has 0 fully saturated rings. The summed E-state index contributed by atoms with van der Waals surface area (Å²) in [6, 6.07) is 24.5. The molecule has 7 nitrogen and oxygen atoms in total. The third kappa shape index (κ3) is 3.42. The second-order valence-electron chi connectivity index (χ2n) is 8.50. The number of fused-ring (bicyclic) bond motifs is 4. The molecule has 0 saturated heterocycles. The quantitative estimate of drug-likeness (QED) is 0.395. The van der Waals surface area contributed by atoms with E-state index in [4.69, 9.17) is 4.98 Å². The summed E-state index contributed by atoms with van der Waals surface area (Å²) >= 11 is 0. The molecule has 5 aromatic rings. The number of amides is 2. The van der Waals surface area contributed by atoms with E-state index in [1.807, 2.05) is 83.6 Å². The molecule has 1 aliphatic heterocycles. The number of hydrogen-bond donors (Lipinski definition) is 2. The van der Waals surface area contributed by atoms with Crippen molar-refractivity contribution in [2.75, 3.05) is 16.8 Å². The smallest absolute Gasteiger partial charge is 0.253 e. The predicted molar refractivity (Wildman–Crippen MR) is 133 cm³/mol. The van der Waals surface area contributed by atoms with Crippen LogP contribution in [0.25, 0.3) is 21.9 Å². The van der Waals surface area contributed by atoms with Crippen LogP contribution in [0.4, 0.5) is 11.6 Å². The van der Waals surface area contributed by atoms with Crippen LogP contribution in [0.15, 0.2) is 85.1 Å². The number of rotatable bonds is 6. The van der Waals surface area contributed by atoms with Gasteiger partial charge in [0.05, 0.1) is 17.5 Å². The van der Waals surface area contributed by atoms with Gasteiger partial charge < -0.3 is 10.3 Å². The van der Waals surface area contributed by atoms with Crippen molar-refractivity contribution in [2.45, 2.75) is 18.9 Å². The molecule has 2 N–H and O–H groups in total. The maximum absolute atomic E-state index is 13.6. The standard InChI is InChI=1S/C27H23N5O2/c33-25(29-19-8-2-1-3-9-19)16-24-26(34)31(27-30-22-12-6-7-13-23(22)32(24)27)15-14-18-17-28-21-11-5-4-10-20(18)21/h1-13,17,24,28H,14-16H2,(H,29,33). The summed E-state index contributed by atoms with van der Waals surface area (Å²) in [5.74, 6) is 0.298. The number of aromatic nitrogens is 3. The molecular formula is C27H23N5O2. The Kier molecular flexibility index (Phi) is 4.87. The number of nitrogens with one attached hydrogen (secondary N) is 2. The molecule has 0 radical (unpaired) electrons. The van der Waals surface area contributed by atoms with E-state index in [9.17, 15) is 9.59 Å². The van der Waals surface area contributed by atoms with Crippen molar-refractivity contribution < 1.29 is 9.59 Å². The summed E-state index contributed by atoms with van der Waals surface area (Å²) in [6.07, 6.45) is 2.73. The Bertz CT molecular complexity index is 1520. The van der Waals surface area contributed by atoms with Gasteiger partial charge in [0.1, 0.15) is 6.04 Å². The first kappa shape index (κ1) is 20.2. The summed E-state index contributed by atoms with van der Waals surface area (Å²) in [5, 5.41) is 4.06. The van der Waals surface area contributed by atoms with Crippen molar-refractivity contribution in [3.05, 3.63) is 90.6 Å². The van der Waals surface area contributed by atoms with E-state index in [0.29, 0.717) is 24.6 Å². The summed E-state index contributed by atoms with van der Waals surface area (Å²) in [7, 11) is 0. The van der Waals surface area contributed by atoms with Crippen molar-refractivity contribution >= 4 is 45.4 Å². The van der Waals surface area contributed by atoms with Gasteiger partial charge in [-0.2, -0.15) is 0 Å². The minimum Gasteiger partial charge on any atom is -0.361 e. The Morgan fingerprint density at radius 3 is 2.62 bits per heavy atom. The average molecular weight is 450 g/mol. The second kappa shape index (κ2) is 8.19. The van der Waals surface area contributed by atoms with Gasteiger partial charge in [-0.1, -0.05) is 48.5 Å². The van der Waals surface area contributed by atoms with Crippen LogP contribution in [0.1, 0.15) is 18.0 Å². The van der Waals surface area contributed by atoms with Gasteiger partial charge in [0, 0.05) is 29.3 Å². The first-order chi connectivity index (χ1) is 16.7. The van der Waals surface area contributed by atoms with Crippen LogP contribution < -0.4 is 10.2 Å². The normalized spacial score (nSPS) is 15.2. The maximum Gasteiger partial charge on any atom is 0.253 e. The van der Waals surface area contributed by atoms with Crippen molar-refractivity contribution in [1.82, 2.24) is 14.5 Å². The Balaban J connectivity index is 1.30. The summed E-state index contributed by atoms with van der Waals surface area (Å²) in [5.41, 5.74) is 4.61. The van der Waals surface area contributed by atoms with Crippen LogP contribution in [0.2, 0.25) is 0 Å². The molecule has 1 atom stereocenters. The largest absolute Gasteiger partial charge is 0.361 e. The summed E-state index contributed by atoms with van der Waals surface area (Å²) < 4.78 is 1.91. The Morgan fingerprint density at radius 2 is 1.74 bits per heavy atom. The van der Waals surface area contributed by atoms with Crippen LogP contribution in [0.5, 0.6) is 0 Å². The number of benzene rings is 3. The maximum atomic E-state index is 13.6. The number of carbonyl (C=O) groups excluding carboxylic acids is 2. The van der Waals surface area contributed by atoms with Gasteiger partial charge in [0.2, 0.25) is 11.9 Å². The number of hydrogen-bond acceptors (Lipinski definition) is 3. The van der Waals surface area contributed by atoms with E-state index in [-0.39, 0.29) is 18.2 Å². The molecule has 1 aliphatic rings. The number of nitrogens with zero attached hydrogens (tertiary/aromatic N) is 3. The van der Waals surface area contributed by atoms with Gasteiger partial charge in [0.25, 0.3) is 5.91 Å². The summed E-state index contributed by atoms with van der Waals surface area (Å²) in [6.45, 7) is 0.487. The SMILES string of the molecule is O=C(CC1C(=O)N(CCc2c[nH]c3ccccc23)c2nc3ccccc3n21)Nc1ccccc1. The van der Waals surface area contributed by atoms with Crippen LogP contribution >= 0.6 is 0 Å². The fourth-order valence-corrected chi connectivity index (χ4v) is 4.79. The topological polar surface area (TPSA) is 83.0 Å². The van der Waals surface area contributed by atoms with Crippen molar-refractivity contribution in [1.29, 1.82) is 0 Å². The Labute approximate surface area is 196 Å².